The predicted molar refractivity (Wildman–Crippen MR) is 80.8 cm³/mol. The number of benzene rings is 2. The van der Waals surface area contributed by atoms with Crippen molar-refractivity contribution in [1.82, 2.24) is 0 Å². The highest BCUT2D eigenvalue weighted by molar-refractivity contribution is 9.10. The second-order valence-electron chi connectivity index (χ2n) is 4.47. The molecule has 114 valence electrons. The fraction of sp³-hybridized carbons (Fsp3) is 0.133. The van der Waals surface area contributed by atoms with E-state index in [-0.39, 0.29) is 24.0 Å². The molecule has 1 heterocycles. The van der Waals surface area contributed by atoms with Gasteiger partial charge in [-0.3, -0.25) is 0 Å². The van der Waals surface area contributed by atoms with Crippen LogP contribution in [0.1, 0.15) is 15.9 Å². The van der Waals surface area contributed by atoms with Crippen molar-refractivity contribution in [3.05, 3.63) is 56.8 Å². The number of hydrogen-bond donors (Lipinski definition) is 0. The Kier molecular flexibility index (Phi) is 4.22. The highest BCUT2D eigenvalue weighted by atomic mass is 79.9. The maximum Gasteiger partial charge on any atom is 0.342 e. The first-order valence-electron chi connectivity index (χ1n) is 6.25. The van der Waals surface area contributed by atoms with Crippen molar-refractivity contribution >= 4 is 33.5 Å². The molecular formula is C15H9BrClFO4. The van der Waals surface area contributed by atoms with E-state index in [2.05, 4.69) is 15.9 Å². The number of rotatable bonds is 3. The molecule has 0 aromatic heterocycles. The normalized spacial score (nSPS) is 12.3. The third-order valence-corrected chi connectivity index (χ3v) is 4.12. The van der Waals surface area contributed by atoms with Crippen LogP contribution in [0.5, 0.6) is 11.5 Å². The fourth-order valence-electron chi connectivity index (χ4n) is 1.98. The number of fused-ring (bicyclic) bond motifs is 1. The fourth-order valence-corrected chi connectivity index (χ4v) is 2.66. The van der Waals surface area contributed by atoms with E-state index in [9.17, 15) is 9.18 Å². The standard InChI is InChI=1S/C15H9BrClFO4/c16-9-5-13-12(21-7-22-13)4-8(9)6-20-15(19)14-10(17)2-1-3-11(14)18/h1-5H,6-7H2. The Morgan fingerprint density at radius 3 is 2.77 bits per heavy atom. The molecule has 0 fully saturated rings. The number of carbonyl (C=O) groups excluding carboxylic acids is 1. The Morgan fingerprint density at radius 2 is 2.05 bits per heavy atom. The summed E-state index contributed by atoms with van der Waals surface area (Å²) in [5.74, 6) is -0.368. The molecule has 0 unspecified atom stereocenters. The SMILES string of the molecule is O=C(OCc1cc2c(cc1Br)OCO2)c1c(F)cccc1Cl. The molecule has 2 aromatic carbocycles. The van der Waals surface area contributed by atoms with Gasteiger partial charge in [-0.25, -0.2) is 9.18 Å². The van der Waals surface area contributed by atoms with Crippen molar-refractivity contribution in [2.24, 2.45) is 0 Å². The lowest BCUT2D eigenvalue weighted by Crippen LogP contribution is -2.08. The predicted octanol–water partition coefficient (Wildman–Crippen LogP) is 4.33. The first kappa shape index (κ1) is 15.1. The third-order valence-electron chi connectivity index (χ3n) is 3.07. The van der Waals surface area contributed by atoms with Gasteiger partial charge in [-0.05, 0) is 24.3 Å². The lowest BCUT2D eigenvalue weighted by atomic mass is 10.2. The van der Waals surface area contributed by atoms with E-state index in [1.165, 1.54) is 12.1 Å². The van der Waals surface area contributed by atoms with Crippen LogP contribution in [0, 0.1) is 5.82 Å². The van der Waals surface area contributed by atoms with Gasteiger partial charge in [0.05, 0.1) is 5.02 Å². The molecule has 1 aliphatic rings. The van der Waals surface area contributed by atoms with Crippen LogP contribution in [-0.4, -0.2) is 12.8 Å². The summed E-state index contributed by atoms with van der Waals surface area (Å²) in [6.07, 6.45) is 0. The van der Waals surface area contributed by atoms with Gasteiger partial charge in [0.2, 0.25) is 6.79 Å². The van der Waals surface area contributed by atoms with Crippen LogP contribution >= 0.6 is 27.5 Å². The topological polar surface area (TPSA) is 44.8 Å². The highest BCUT2D eigenvalue weighted by Crippen LogP contribution is 2.37. The quantitative estimate of drug-likeness (QED) is 0.736. The average Bonchev–Trinajstić information content (AvgIpc) is 2.91. The molecule has 7 heteroatoms. The van der Waals surface area contributed by atoms with Gasteiger partial charge in [-0.1, -0.05) is 33.6 Å². The van der Waals surface area contributed by atoms with Gasteiger partial charge >= 0.3 is 5.97 Å². The van der Waals surface area contributed by atoms with Crippen LogP contribution in [0.15, 0.2) is 34.8 Å². The first-order chi connectivity index (χ1) is 10.6. The Balaban J connectivity index is 1.77. The minimum atomic E-state index is -0.826. The lowest BCUT2D eigenvalue weighted by Gasteiger charge is -2.09. The zero-order valence-electron chi connectivity index (χ0n) is 11.1. The van der Waals surface area contributed by atoms with Crippen LogP contribution in [0.4, 0.5) is 4.39 Å². The summed E-state index contributed by atoms with van der Waals surface area (Å²) >= 11 is 9.19. The maximum absolute atomic E-state index is 13.7. The van der Waals surface area contributed by atoms with Crippen LogP contribution in [0.25, 0.3) is 0 Å². The monoisotopic (exact) mass is 386 g/mol. The Labute approximate surface area is 138 Å². The Bertz CT molecular complexity index is 730. The van der Waals surface area contributed by atoms with Crippen LogP contribution in [0.2, 0.25) is 5.02 Å². The maximum atomic E-state index is 13.7. The summed E-state index contributed by atoms with van der Waals surface area (Å²) in [6.45, 7) is 0.0938. The molecule has 0 amide bonds. The molecule has 4 nitrogen and oxygen atoms in total. The summed E-state index contributed by atoms with van der Waals surface area (Å²) in [7, 11) is 0. The van der Waals surface area contributed by atoms with E-state index in [4.69, 9.17) is 25.8 Å². The molecule has 0 aliphatic carbocycles. The summed E-state index contributed by atoms with van der Waals surface area (Å²) in [4.78, 5) is 12.0. The summed E-state index contributed by atoms with van der Waals surface area (Å²) in [5.41, 5.74) is 0.395. The third kappa shape index (κ3) is 2.89. The minimum absolute atomic E-state index is 0.00903. The smallest absolute Gasteiger partial charge is 0.342 e. The molecule has 0 atom stereocenters. The summed E-state index contributed by atoms with van der Waals surface area (Å²) in [5, 5.41) is 0.00903. The zero-order valence-corrected chi connectivity index (χ0v) is 13.4. The molecule has 0 radical (unpaired) electrons. The summed E-state index contributed by atoms with van der Waals surface area (Å²) < 4.78 is 30.0. The lowest BCUT2D eigenvalue weighted by molar-refractivity contribution is 0.0466. The van der Waals surface area contributed by atoms with E-state index in [0.717, 1.165) is 6.07 Å². The molecule has 0 bridgehead atoms. The van der Waals surface area contributed by atoms with Gasteiger partial charge in [0.1, 0.15) is 18.0 Å². The van der Waals surface area contributed by atoms with Crippen LogP contribution in [-0.2, 0) is 11.3 Å². The second kappa shape index (κ2) is 6.14. The van der Waals surface area contributed by atoms with Gasteiger partial charge in [-0.15, -0.1) is 0 Å². The van der Waals surface area contributed by atoms with E-state index in [1.54, 1.807) is 12.1 Å². The minimum Gasteiger partial charge on any atom is -0.457 e. The van der Waals surface area contributed by atoms with Crippen LogP contribution < -0.4 is 9.47 Å². The molecule has 2 aromatic rings. The second-order valence-corrected chi connectivity index (χ2v) is 5.73. The molecule has 3 rings (SSSR count). The van der Waals surface area contributed by atoms with Crippen molar-refractivity contribution < 1.29 is 23.4 Å². The van der Waals surface area contributed by atoms with Crippen molar-refractivity contribution in [1.29, 1.82) is 0 Å². The number of carbonyl (C=O) groups is 1. The summed E-state index contributed by atoms with van der Waals surface area (Å²) in [6, 6.07) is 7.42. The number of hydrogen-bond acceptors (Lipinski definition) is 4. The molecule has 0 N–H and O–H groups in total. The molecular weight excluding hydrogens is 379 g/mol. The molecule has 0 saturated carbocycles. The molecule has 0 saturated heterocycles. The van der Waals surface area contributed by atoms with E-state index >= 15 is 0 Å². The van der Waals surface area contributed by atoms with Crippen LogP contribution in [0.3, 0.4) is 0 Å². The van der Waals surface area contributed by atoms with Gasteiger partial charge in [0.15, 0.2) is 11.5 Å². The highest BCUT2D eigenvalue weighted by Gasteiger charge is 2.20. The van der Waals surface area contributed by atoms with Gasteiger partial charge in [0, 0.05) is 10.0 Å². The first-order valence-corrected chi connectivity index (χ1v) is 7.42. The van der Waals surface area contributed by atoms with Crippen molar-refractivity contribution in [3.63, 3.8) is 0 Å². The Hall–Kier alpha value is -1.79. The molecule has 22 heavy (non-hydrogen) atoms. The van der Waals surface area contributed by atoms with Crippen molar-refractivity contribution in [2.75, 3.05) is 6.79 Å². The van der Waals surface area contributed by atoms with E-state index in [0.29, 0.717) is 21.5 Å². The molecule has 0 spiro atoms. The van der Waals surface area contributed by atoms with Gasteiger partial charge < -0.3 is 14.2 Å². The van der Waals surface area contributed by atoms with E-state index < -0.39 is 11.8 Å². The van der Waals surface area contributed by atoms with E-state index in [1.807, 2.05) is 0 Å². The van der Waals surface area contributed by atoms with Gasteiger partial charge in [0.25, 0.3) is 0 Å². The number of ether oxygens (including phenoxy) is 3. The largest absolute Gasteiger partial charge is 0.457 e. The molecule has 1 aliphatic heterocycles. The van der Waals surface area contributed by atoms with Crippen molar-refractivity contribution in [3.8, 4) is 11.5 Å². The van der Waals surface area contributed by atoms with Crippen molar-refractivity contribution in [2.45, 2.75) is 6.61 Å². The zero-order chi connectivity index (χ0) is 15.7. The number of halogens is 3. The Morgan fingerprint density at radius 1 is 1.32 bits per heavy atom. The number of esters is 1. The van der Waals surface area contributed by atoms with Gasteiger partial charge in [-0.2, -0.15) is 0 Å². The average molecular weight is 388 g/mol.